The van der Waals surface area contributed by atoms with Gasteiger partial charge in [-0.25, -0.2) is 4.79 Å². The zero-order valence-electron chi connectivity index (χ0n) is 14.5. The highest BCUT2D eigenvalue weighted by atomic mass is 32.2. The fourth-order valence-electron chi connectivity index (χ4n) is 2.48. The van der Waals surface area contributed by atoms with Crippen molar-refractivity contribution >= 4 is 46.3 Å². The number of benzene rings is 1. The van der Waals surface area contributed by atoms with E-state index in [9.17, 15) is 14.7 Å². The number of hydrogen-bond donors (Lipinski definition) is 1. The molecule has 1 heterocycles. The Hall–Kier alpha value is -2.12. The van der Waals surface area contributed by atoms with Gasteiger partial charge in [0, 0.05) is 0 Å². The van der Waals surface area contributed by atoms with E-state index in [2.05, 4.69) is 6.58 Å². The summed E-state index contributed by atoms with van der Waals surface area (Å²) in [5.41, 5.74) is 0.817. The summed E-state index contributed by atoms with van der Waals surface area (Å²) in [6, 6.07) is 6.35. The molecule has 1 aromatic carbocycles. The number of unbranched alkanes of at least 4 members (excludes halogenated alkanes) is 1. The van der Waals surface area contributed by atoms with Gasteiger partial charge in [0.05, 0.1) is 4.91 Å². The number of aliphatic carboxylic acids is 1. The minimum atomic E-state index is -1.03. The van der Waals surface area contributed by atoms with Crippen LogP contribution in [0, 0.1) is 0 Å². The molecular weight excluding hydrogens is 370 g/mol. The molecule has 138 valence electrons. The largest absolute Gasteiger partial charge is 0.490 e. The summed E-state index contributed by atoms with van der Waals surface area (Å²) in [7, 11) is 0. The van der Waals surface area contributed by atoms with Crippen molar-refractivity contribution in [1.29, 1.82) is 0 Å². The molecular formula is C19H21NO4S2. The van der Waals surface area contributed by atoms with Gasteiger partial charge in [0.2, 0.25) is 0 Å². The second-order valence-electron chi connectivity index (χ2n) is 5.72. The first-order valence-electron chi connectivity index (χ1n) is 8.31. The van der Waals surface area contributed by atoms with Crippen LogP contribution in [0.3, 0.4) is 0 Å². The highest BCUT2D eigenvalue weighted by Gasteiger charge is 2.40. The van der Waals surface area contributed by atoms with Gasteiger partial charge >= 0.3 is 5.97 Å². The van der Waals surface area contributed by atoms with Crippen molar-refractivity contribution in [3.63, 3.8) is 0 Å². The summed E-state index contributed by atoms with van der Waals surface area (Å²) >= 11 is 6.39. The zero-order valence-corrected chi connectivity index (χ0v) is 16.1. The van der Waals surface area contributed by atoms with Gasteiger partial charge in [-0.05, 0) is 30.2 Å². The lowest BCUT2D eigenvalue weighted by atomic mass is 10.1. The molecule has 1 amide bonds. The molecule has 5 nitrogen and oxygen atoms in total. The third-order valence-corrected chi connectivity index (χ3v) is 5.13. The summed E-state index contributed by atoms with van der Waals surface area (Å²) in [5.74, 6) is -0.671. The first-order valence-corrected chi connectivity index (χ1v) is 9.54. The molecule has 26 heavy (non-hydrogen) atoms. The van der Waals surface area contributed by atoms with E-state index < -0.39 is 12.0 Å². The van der Waals surface area contributed by atoms with E-state index >= 15 is 0 Å². The number of hydrogen-bond acceptors (Lipinski definition) is 5. The molecule has 0 spiro atoms. The van der Waals surface area contributed by atoms with Gasteiger partial charge in [-0.3, -0.25) is 9.69 Å². The van der Waals surface area contributed by atoms with Crippen molar-refractivity contribution in [2.75, 3.05) is 6.61 Å². The van der Waals surface area contributed by atoms with Crippen LogP contribution < -0.4 is 4.74 Å². The first kappa shape index (κ1) is 20.2. The lowest BCUT2D eigenvalue weighted by Crippen LogP contribution is -2.43. The minimum absolute atomic E-state index is 0.288. The second-order valence-corrected chi connectivity index (χ2v) is 7.39. The molecule has 0 unspecified atom stereocenters. The number of carbonyl (C=O) groups excluding carboxylic acids is 1. The van der Waals surface area contributed by atoms with Crippen molar-refractivity contribution in [2.45, 2.75) is 32.2 Å². The van der Waals surface area contributed by atoms with Gasteiger partial charge in [-0.15, -0.1) is 0 Å². The average Bonchev–Trinajstić information content (AvgIpc) is 2.89. The molecule has 1 atom stereocenters. The number of carbonyl (C=O) groups is 2. The van der Waals surface area contributed by atoms with Crippen LogP contribution in [0.25, 0.3) is 6.08 Å². The van der Waals surface area contributed by atoms with Crippen LogP contribution in [0.4, 0.5) is 0 Å². The van der Waals surface area contributed by atoms with Crippen LogP contribution in [-0.4, -0.2) is 38.9 Å². The van der Waals surface area contributed by atoms with Crippen LogP contribution in [0.2, 0.25) is 0 Å². The third kappa shape index (κ3) is 4.95. The van der Waals surface area contributed by atoms with Crippen molar-refractivity contribution in [2.24, 2.45) is 0 Å². The first-order chi connectivity index (χ1) is 12.5. The average molecular weight is 392 g/mol. The normalized spacial score (nSPS) is 16.8. The molecule has 1 aliphatic rings. The predicted molar refractivity (Wildman–Crippen MR) is 108 cm³/mol. The Balaban J connectivity index is 2.17. The molecule has 0 aliphatic carbocycles. The summed E-state index contributed by atoms with van der Waals surface area (Å²) in [6.45, 7) is 6.00. The highest BCUT2D eigenvalue weighted by molar-refractivity contribution is 8.26. The van der Waals surface area contributed by atoms with Gasteiger partial charge in [-0.1, -0.05) is 68.5 Å². The standard InChI is InChI=1S/C19H21NO4S2/c1-3-5-6-15(18(22)23)20-17(21)16(26-19(20)25)12-13-7-9-14(10-8-13)24-11-4-2/h4,7-10,12,15H,2-3,5-6,11H2,1H3,(H,22,23)/b16-12-/t15-/m0/s1. The SMILES string of the molecule is C=CCOc1ccc(/C=C2\SC(=S)N([C@@H](CCCC)C(=O)O)C2=O)cc1. The quantitative estimate of drug-likeness (QED) is 0.388. The maximum atomic E-state index is 12.7. The van der Waals surface area contributed by atoms with E-state index in [1.165, 1.54) is 4.90 Å². The van der Waals surface area contributed by atoms with Gasteiger partial charge in [0.1, 0.15) is 22.7 Å². The van der Waals surface area contributed by atoms with Crippen LogP contribution in [0.15, 0.2) is 41.8 Å². The van der Waals surface area contributed by atoms with E-state index in [-0.39, 0.29) is 10.2 Å². The van der Waals surface area contributed by atoms with Crippen molar-refractivity contribution in [3.8, 4) is 5.75 Å². The molecule has 0 radical (unpaired) electrons. The van der Waals surface area contributed by atoms with Crippen molar-refractivity contribution < 1.29 is 19.4 Å². The van der Waals surface area contributed by atoms with E-state index in [0.717, 1.165) is 30.2 Å². The molecule has 1 aliphatic heterocycles. The minimum Gasteiger partial charge on any atom is -0.490 e. The topological polar surface area (TPSA) is 66.8 Å². The molecule has 2 rings (SSSR count). The number of thiocarbonyl (C=S) groups is 1. The fourth-order valence-corrected chi connectivity index (χ4v) is 3.83. The van der Waals surface area contributed by atoms with Gasteiger partial charge in [0.15, 0.2) is 0 Å². The maximum absolute atomic E-state index is 12.7. The summed E-state index contributed by atoms with van der Waals surface area (Å²) in [4.78, 5) is 25.9. The lowest BCUT2D eigenvalue weighted by Gasteiger charge is -2.22. The number of thioether (sulfide) groups is 1. The molecule has 1 saturated heterocycles. The van der Waals surface area contributed by atoms with Crippen LogP contribution >= 0.6 is 24.0 Å². The van der Waals surface area contributed by atoms with Gasteiger partial charge in [0.25, 0.3) is 5.91 Å². The summed E-state index contributed by atoms with van der Waals surface area (Å²) in [5, 5.41) is 9.47. The smallest absolute Gasteiger partial charge is 0.326 e. The van der Waals surface area contributed by atoms with Crippen LogP contribution in [0.5, 0.6) is 5.75 Å². The monoisotopic (exact) mass is 391 g/mol. The van der Waals surface area contributed by atoms with Crippen molar-refractivity contribution in [3.05, 3.63) is 47.4 Å². The van der Waals surface area contributed by atoms with Crippen LogP contribution in [0.1, 0.15) is 31.7 Å². The Morgan fingerprint density at radius 1 is 1.42 bits per heavy atom. The molecule has 1 aromatic rings. The van der Waals surface area contributed by atoms with Gasteiger partial charge in [-0.2, -0.15) is 0 Å². The molecule has 7 heteroatoms. The third-order valence-electron chi connectivity index (χ3n) is 3.80. The Morgan fingerprint density at radius 3 is 2.69 bits per heavy atom. The number of ether oxygens (including phenoxy) is 1. The lowest BCUT2D eigenvalue weighted by molar-refractivity contribution is -0.145. The number of carboxylic acid groups (broad SMARTS) is 1. The van der Waals surface area contributed by atoms with E-state index in [1.807, 2.05) is 19.1 Å². The Labute approximate surface area is 162 Å². The number of carboxylic acids is 1. The number of nitrogens with zero attached hydrogens (tertiary/aromatic N) is 1. The number of rotatable bonds is 9. The number of amides is 1. The molecule has 1 fully saturated rings. The molecule has 0 aromatic heterocycles. The Morgan fingerprint density at radius 2 is 2.12 bits per heavy atom. The zero-order chi connectivity index (χ0) is 19.1. The molecule has 0 saturated carbocycles. The van der Waals surface area contributed by atoms with Crippen molar-refractivity contribution in [1.82, 2.24) is 4.90 Å². The Kier molecular flexibility index (Phi) is 7.41. The highest BCUT2D eigenvalue weighted by Crippen LogP contribution is 2.35. The van der Waals surface area contributed by atoms with E-state index in [4.69, 9.17) is 17.0 Å². The van der Waals surface area contributed by atoms with Crippen LogP contribution in [-0.2, 0) is 9.59 Å². The predicted octanol–water partition coefficient (Wildman–Crippen LogP) is 4.10. The second kappa shape index (κ2) is 9.54. The Bertz CT molecular complexity index is 728. The molecule has 1 N–H and O–H groups in total. The maximum Gasteiger partial charge on any atom is 0.326 e. The van der Waals surface area contributed by atoms with E-state index in [1.54, 1.807) is 24.3 Å². The molecule has 0 bridgehead atoms. The summed E-state index contributed by atoms with van der Waals surface area (Å²) in [6.07, 6.45) is 5.35. The van der Waals surface area contributed by atoms with Gasteiger partial charge < -0.3 is 9.84 Å². The van der Waals surface area contributed by atoms with E-state index in [0.29, 0.717) is 23.7 Å². The fraction of sp³-hybridized carbons (Fsp3) is 0.316. The summed E-state index contributed by atoms with van der Waals surface area (Å²) < 4.78 is 5.71.